The highest BCUT2D eigenvalue weighted by Gasteiger charge is 2.36. The van der Waals surface area contributed by atoms with Gasteiger partial charge in [0.2, 0.25) is 0 Å². The van der Waals surface area contributed by atoms with Crippen LogP contribution in [0.3, 0.4) is 0 Å². The molecule has 4 heteroatoms. The lowest BCUT2D eigenvalue weighted by atomic mass is 9.67. The highest BCUT2D eigenvalue weighted by Crippen LogP contribution is 2.55. The third kappa shape index (κ3) is 6.77. The summed E-state index contributed by atoms with van der Waals surface area (Å²) in [5.41, 5.74) is 18.3. The predicted octanol–water partition coefficient (Wildman–Crippen LogP) is 21.6. The van der Waals surface area contributed by atoms with Gasteiger partial charge in [-0.1, -0.05) is 202 Å². The van der Waals surface area contributed by atoms with Crippen LogP contribution in [0.25, 0.3) is 95.3 Å². The van der Waals surface area contributed by atoms with Gasteiger partial charge in [0, 0.05) is 59.1 Å². The SMILES string of the molecule is Cc1c2c3c(cccc3c3cc(N(c4ccccc4)c4cccc5c4sc4c(-c6ccccc6)cccc45)ccc13)C(C)(C)c1cc(N(c3ccccc3)c3cccc4c3sc3c(-c5ccccc5)cccc34)ccc1-2. The predicted molar refractivity (Wildman–Crippen MR) is 330 cm³/mol. The van der Waals surface area contributed by atoms with Crippen molar-refractivity contribution in [3.05, 3.63) is 265 Å². The maximum Gasteiger partial charge on any atom is 0.0640 e. The van der Waals surface area contributed by atoms with Crippen molar-refractivity contribution in [2.24, 2.45) is 0 Å². The number of hydrogen-bond acceptors (Lipinski definition) is 4. The van der Waals surface area contributed by atoms with Crippen molar-refractivity contribution in [3.8, 4) is 33.4 Å². The Labute approximate surface area is 450 Å². The summed E-state index contributed by atoms with van der Waals surface area (Å²) in [4.78, 5) is 4.96. The Bertz CT molecular complexity index is 4610. The van der Waals surface area contributed by atoms with Crippen LogP contribution in [0.1, 0.15) is 30.5 Å². The number of nitrogens with zero attached hydrogens (tertiary/aromatic N) is 2. The van der Waals surface area contributed by atoms with Gasteiger partial charge >= 0.3 is 0 Å². The molecule has 0 saturated heterocycles. The van der Waals surface area contributed by atoms with E-state index < -0.39 is 0 Å². The molecular formula is C72H50N2S2. The number of fused-ring (bicyclic) bond motifs is 10. The van der Waals surface area contributed by atoms with E-state index in [0.29, 0.717) is 0 Å². The Morgan fingerprint density at radius 3 is 1.30 bits per heavy atom. The highest BCUT2D eigenvalue weighted by molar-refractivity contribution is 7.27. The minimum Gasteiger partial charge on any atom is -0.309 e. The molecule has 12 aromatic carbocycles. The lowest BCUT2D eigenvalue weighted by Gasteiger charge is -2.38. The lowest BCUT2D eigenvalue weighted by molar-refractivity contribution is 0.645. The summed E-state index contributed by atoms with van der Waals surface area (Å²) in [6.07, 6.45) is 0. The van der Waals surface area contributed by atoms with Crippen LogP contribution in [0.15, 0.2) is 249 Å². The molecule has 0 amide bonds. The van der Waals surface area contributed by atoms with Crippen LogP contribution in [0.4, 0.5) is 34.1 Å². The van der Waals surface area contributed by atoms with Crippen molar-refractivity contribution in [2.75, 3.05) is 9.80 Å². The number of thiophene rings is 2. The molecule has 1 aliphatic carbocycles. The van der Waals surface area contributed by atoms with Gasteiger partial charge in [-0.3, -0.25) is 0 Å². The zero-order valence-corrected chi connectivity index (χ0v) is 44.0. The smallest absolute Gasteiger partial charge is 0.0640 e. The fourth-order valence-corrected chi connectivity index (χ4v) is 15.3. The fourth-order valence-electron chi connectivity index (χ4n) is 12.7. The minimum absolute atomic E-state index is 0.308. The Morgan fingerprint density at radius 2 is 0.763 bits per heavy atom. The number of rotatable bonds is 8. The standard InChI is InChI=1S/C72H50N2S2/c1-45-52-41-39-50(73(48-25-12-6-13-26-48)64-37-19-34-58-56-32-16-29-53(68(56)75-70(58)64)46-21-8-4-9-22-46)43-61(52)55-31-18-36-62-67(55)66(45)60-42-40-51(44-63(60)72(62,2)3)74(49-27-14-7-15-28-49)65-38-20-35-59-57-33-17-30-54(69(57)76-71(59)65)47-23-10-5-11-24-47/h4-44H,1-3H3. The average Bonchev–Trinajstić information content (AvgIpc) is 4.20. The quantitative estimate of drug-likeness (QED) is 0.140. The Kier molecular flexibility index (Phi) is 10.2. The first-order chi connectivity index (χ1) is 37.4. The van der Waals surface area contributed by atoms with Crippen molar-refractivity contribution >= 4 is 119 Å². The molecule has 0 fully saturated rings. The summed E-state index contributed by atoms with van der Waals surface area (Å²) in [7, 11) is 0. The molecule has 0 atom stereocenters. The molecule has 2 nitrogen and oxygen atoms in total. The average molecular weight is 1010 g/mol. The van der Waals surface area contributed by atoms with Gasteiger partial charge in [0.1, 0.15) is 0 Å². The first-order valence-corrected chi connectivity index (χ1v) is 27.9. The third-order valence-corrected chi connectivity index (χ3v) is 18.8. The molecule has 1 aliphatic rings. The molecule has 0 aliphatic heterocycles. The molecular weight excluding hydrogens is 957 g/mol. The first kappa shape index (κ1) is 44.7. The summed E-state index contributed by atoms with van der Waals surface area (Å²) >= 11 is 3.80. The second-order valence-corrected chi connectivity index (χ2v) is 22.8. The number of anilines is 6. The zero-order valence-electron chi connectivity index (χ0n) is 42.4. The van der Waals surface area contributed by atoms with Crippen molar-refractivity contribution in [2.45, 2.75) is 26.2 Å². The molecule has 0 unspecified atom stereocenters. The molecule has 0 radical (unpaired) electrons. The van der Waals surface area contributed by atoms with Crippen molar-refractivity contribution in [1.82, 2.24) is 0 Å². The van der Waals surface area contributed by atoms with Crippen LogP contribution in [0, 0.1) is 6.92 Å². The maximum absolute atomic E-state index is 2.49. The van der Waals surface area contributed by atoms with Gasteiger partial charge in [-0.2, -0.15) is 0 Å². The van der Waals surface area contributed by atoms with Gasteiger partial charge in [-0.25, -0.2) is 0 Å². The van der Waals surface area contributed by atoms with Crippen molar-refractivity contribution < 1.29 is 0 Å². The summed E-state index contributed by atoms with van der Waals surface area (Å²) in [6, 6.07) is 92.2. The largest absolute Gasteiger partial charge is 0.309 e. The first-order valence-electron chi connectivity index (χ1n) is 26.2. The number of para-hydroxylation sites is 2. The Morgan fingerprint density at radius 1 is 0.316 bits per heavy atom. The summed E-state index contributed by atoms with van der Waals surface area (Å²) in [6.45, 7) is 7.21. The molecule has 14 aromatic rings. The second kappa shape index (κ2) is 17.4. The van der Waals surface area contributed by atoms with E-state index in [-0.39, 0.29) is 5.41 Å². The molecule has 0 saturated carbocycles. The van der Waals surface area contributed by atoms with Crippen LogP contribution >= 0.6 is 22.7 Å². The monoisotopic (exact) mass is 1010 g/mol. The Balaban J connectivity index is 0.902. The van der Waals surface area contributed by atoms with Crippen LogP contribution in [0.2, 0.25) is 0 Å². The summed E-state index contributed by atoms with van der Waals surface area (Å²) in [5.74, 6) is 0. The van der Waals surface area contributed by atoms with Gasteiger partial charge in [0.05, 0.1) is 20.8 Å². The Hall–Kier alpha value is -8.80. The topological polar surface area (TPSA) is 6.48 Å². The molecule has 2 heterocycles. The van der Waals surface area contributed by atoms with Crippen molar-refractivity contribution in [3.63, 3.8) is 0 Å². The van der Waals surface area contributed by atoms with E-state index in [1.165, 1.54) is 123 Å². The van der Waals surface area contributed by atoms with E-state index in [4.69, 9.17) is 0 Å². The van der Waals surface area contributed by atoms with Gasteiger partial charge in [0.25, 0.3) is 0 Å². The van der Waals surface area contributed by atoms with Crippen LogP contribution in [0.5, 0.6) is 0 Å². The number of aryl methyl sites for hydroxylation is 1. The molecule has 76 heavy (non-hydrogen) atoms. The van der Waals surface area contributed by atoms with Crippen LogP contribution in [-0.2, 0) is 5.41 Å². The van der Waals surface area contributed by atoms with Crippen LogP contribution in [-0.4, -0.2) is 0 Å². The third-order valence-electron chi connectivity index (χ3n) is 16.2. The van der Waals surface area contributed by atoms with Gasteiger partial charge in [-0.05, 0) is 139 Å². The van der Waals surface area contributed by atoms with E-state index in [1.807, 2.05) is 22.7 Å². The molecule has 0 spiro atoms. The van der Waals surface area contributed by atoms with E-state index in [1.54, 1.807) is 0 Å². The molecule has 15 rings (SSSR count). The molecule has 2 aromatic heterocycles. The fraction of sp³-hybridized carbons (Fsp3) is 0.0556. The molecule has 0 N–H and O–H groups in total. The minimum atomic E-state index is -0.308. The summed E-state index contributed by atoms with van der Waals surface area (Å²) < 4.78 is 5.18. The van der Waals surface area contributed by atoms with E-state index in [0.717, 1.165) is 22.7 Å². The second-order valence-electron chi connectivity index (χ2n) is 20.8. The van der Waals surface area contributed by atoms with Crippen LogP contribution < -0.4 is 9.80 Å². The van der Waals surface area contributed by atoms with Gasteiger partial charge in [0.15, 0.2) is 0 Å². The summed E-state index contributed by atoms with van der Waals surface area (Å²) in [5, 5.41) is 10.3. The maximum atomic E-state index is 2.49. The lowest BCUT2D eigenvalue weighted by Crippen LogP contribution is -2.25. The normalized spacial score (nSPS) is 12.8. The number of hydrogen-bond donors (Lipinski definition) is 0. The number of benzene rings is 12. The molecule has 360 valence electrons. The van der Waals surface area contributed by atoms with E-state index in [9.17, 15) is 0 Å². The highest BCUT2D eigenvalue weighted by atomic mass is 32.1. The van der Waals surface area contributed by atoms with Gasteiger partial charge in [-0.15, -0.1) is 22.7 Å². The van der Waals surface area contributed by atoms with Gasteiger partial charge < -0.3 is 9.80 Å². The molecule has 0 bridgehead atoms. The van der Waals surface area contributed by atoms with E-state index >= 15 is 0 Å². The van der Waals surface area contributed by atoms with E-state index in [2.05, 4.69) is 279 Å². The van der Waals surface area contributed by atoms with Crippen molar-refractivity contribution in [1.29, 1.82) is 0 Å². The zero-order chi connectivity index (χ0) is 50.6.